The Labute approximate surface area is 151 Å². The third-order valence-electron chi connectivity index (χ3n) is 4.64. The van der Waals surface area contributed by atoms with Gasteiger partial charge in [-0.3, -0.25) is 0 Å². The van der Waals surface area contributed by atoms with Crippen LogP contribution in [0, 0.1) is 25.2 Å². The number of ether oxygens (including phenoxy) is 1. The van der Waals surface area contributed by atoms with Gasteiger partial charge in [0.1, 0.15) is 11.6 Å². The van der Waals surface area contributed by atoms with Crippen LogP contribution in [0.1, 0.15) is 28.3 Å². The van der Waals surface area contributed by atoms with Crippen LogP contribution in [0.2, 0.25) is 0 Å². The van der Waals surface area contributed by atoms with Crippen LogP contribution < -0.4 is 10.5 Å². The normalized spacial score (nSPS) is 16.0. The number of benzene rings is 2. The Bertz CT molecular complexity index is 1040. The van der Waals surface area contributed by atoms with Gasteiger partial charge in [-0.1, -0.05) is 48.0 Å². The van der Waals surface area contributed by atoms with Gasteiger partial charge < -0.3 is 10.5 Å². The fourth-order valence-corrected chi connectivity index (χ4v) is 3.35. The number of aryl methyl sites for hydroxylation is 2. The number of hydrogen-bond acceptors (Lipinski definition) is 4. The van der Waals surface area contributed by atoms with Crippen molar-refractivity contribution in [1.82, 2.24) is 9.78 Å². The number of rotatable bonds is 2. The Morgan fingerprint density at radius 3 is 2.42 bits per heavy atom. The van der Waals surface area contributed by atoms with E-state index in [0.717, 1.165) is 22.5 Å². The molecule has 4 rings (SSSR count). The highest BCUT2D eigenvalue weighted by molar-refractivity contribution is 5.57. The molecular formula is C21H18N4O. The molecule has 0 fully saturated rings. The SMILES string of the molecule is Cc1ccc(-n2nc(C)c3c2OC(N)=C(C#N)[C@H]3c2ccccc2)cc1. The smallest absolute Gasteiger partial charge is 0.229 e. The zero-order valence-corrected chi connectivity index (χ0v) is 14.6. The van der Waals surface area contributed by atoms with Gasteiger partial charge in [0.2, 0.25) is 11.8 Å². The van der Waals surface area contributed by atoms with E-state index < -0.39 is 0 Å². The first-order chi connectivity index (χ1) is 12.6. The van der Waals surface area contributed by atoms with Gasteiger partial charge in [0.15, 0.2) is 0 Å². The van der Waals surface area contributed by atoms with Crippen LogP contribution in [0.3, 0.4) is 0 Å². The van der Waals surface area contributed by atoms with Crippen molar-refractivity contribution in [3.63, 3.8) is 0 Å². The molecule has 0 amide bonds. The summed E-state index contributed by atoms with van der Waals surface area (Å²) in [6.07, 6.45) is 0. The Morgan fingerprint density at radius 2 is 1.77 bits per heavy atom. The first-order valence-electron chi connectivity index (χ1n) is 8.39. The summed E-state index contributed by atoms with van der Waals surface area (Å²) in [6.45, 7) is 3.97. The number of nitrogens with two attached hydrogens (primary N) is 1. The molecule has 3 aromatic rings. The second-order valence-corrected chi connectivity index (χ2v) is 6.39. The lowest BCUT2D eigenvalue weighted by Gasteiger charge is -2.24. The van der Waals surface area contributed by atoms with Gasteiger partial charge in [-0.25, -0.2) is 4.68 Å². The average Bonchev–Trinajstić information content (AvgIpc) is 2.98. The van der Waals surface area contributed by atoms with Crippen molar-refractivity contribution < 1.29 is 4.74 Å². The van der Waals surface area contributed by atoms with E-state index in [1.807, 2.05) is 68.4 Å². The molecule has 2 heterocycles. The summed E-state index contributed by atoms with van der Waals surface area (Å²) in [5.41, 5.74) is 11.3. The number of nitriles is 1. The van der Waals surface area contributed by atoms with E-state index in [-0.39, 0.29) is 11.8 Å². The van der Waals surface area contributed by atoms with E-state index in [4.69, 9.17) is 10.5 Å². The van der Waals surface area contributed by atoms with Crippen molar-refractivity contribution in [3.8, 4) is 17.6 Å². The third kappa shape index (κ3) is 2.44. The molecule has 5 heteroatoms. The van der Waals surface area contributed by atoms with E-state index in [1.165, 1.54) is 5.56 Å². The van der Waals surface area contributed by atoms with Crippen molar-refractivity contribution in [2.24, 2.45) is 5.73 Å². The second kappa shape index (κ2) is 6.08. The molecule has 0 saturated heterocycles. The van der Waals surface area contributed by atoms with Crippen molar-refractivity contribution >= 4 is 0 Å². The third-order valence-corrected chi connectivity index (χ3v) is 4.64. The van der Waals surface area contributed by atoms with Crippen LogP contribution in [-0.2, 0) is 0 Å². The van der Waals surface area contributed by atoms with E-state index >= 15 is 0 Å². The highest BCUT2D eigenvalue weighted by Gasteiger charge is 2.35. The van der Waals surface area contributed by atoms with Crippen molar-refractivity contribution in [2.45, 2.75) is 19.8 Å². The first-order valence-corrected chi connectivity index (χ1v) is 8.39. The molecule has 1 atom stereocenters. The van der Waals surface area contributed by atoms with Gasteiger partial charge >= 0.3 is 0 Å². The number of hydrogen-bond donors (Lipinski definition) is 1. The maximum absolute atomic E-state index is 9.67. The van der Waals surface area contributed by atoms with Gasteiger partial charge in [0.05, 0.1) is 22.9 Å². The molecule has 2 N–H and O–H groups in total. The van der Waals surface area contributed by atoms with Crippen molar-refractivity contribution in [3.05, 3.63) is 88.4 Å². The van der Waals surface area contributed by atoms with Crippen molar-refractivity contribution in [2.75, 3.05) is 0 Å². The number of aromatic nitrogens is 2. The van der Waals surface area contributed by atoms with Gasteiger partial charge in [0.25, 0.3) is 0 Å². The van der Waals surface area contributed by atoms with Gasteiger partial charge in [-0.2, -0.15) is 10.4 Å². The van der Waals surface area contributed by atoms with Crippen molar-refractivity contribution in [1.29, 1.82) is 5.26 Å². The topological polar surface area (TPSA) is 76.9 Å². The fourth-order valence-electron chi connectivity index (χ4n) is 3.35. The fraction of sp³-hybridized carbons (Fsp3) is 0.143. The summed E-state index contributed by atoms with van der Waals surface area (Å²) in [4.78, 5) is 0. The Balaban J connectivity index is 1.95. The molecule has 0 saturated carbocycles. The predicted molar refractivity (Wildman–Crippen MR) is 98.8 cm³/mol. The molecule has 0 bridgehead atoms. The number of allylic oxidation sites excluding steroid dienone is 1. The summed E-state index contributed by atoms with van der Waals surface area (Å²) in [6, 6.07) is 20.1. The molecule has 1 aliphatic heterocycles. The lowest BCUT2D eigenvalue weighted by atomic mass is 9.84. The van der Waals surface area contributed by atoms with Gasteiger partial charge in [0, 0.05) is 0 Å². The molecule has 1 aromatic heterocycles. The Morgan fingerprint density at radius 1 is 1.08 bits per heavy atom. The zero-order valence-electron chi connectivity index (χ0n) is 14.6. The molecular weight excluding hydrogens is 324 g/mol. The Kier molecular flexibility index (Phi) is 3.74. The van der Waals surface area contributed by atoms with E-state index in [0.29, 0.717) is 11.5 Å². The highest BCUT2D eigenvalue weighted by Crippen LogP contribution is 2.44. The summed E-state index contributed by atoms with van der Waals surface area (Å²) in [5.74, 6) is 0.406. The maximum Gasteiger partial charge on any atom is 0.229 e. The van der Waals surface area contributed by atoms with Crippen LogP contribution >= 0.6 is 0 Å². The first kappa shape index (κ1) is 16.0. The molecule has 0 unspecified atom stereocenters. The van der Waals surface area contributed by atoms with Crippen LogP contribution in [0.5, 0.6) is 5.88 Å². The standard InChI is InChI=1S/C21H18N4O/c1-13-8-10-16(11-9-13)25-21-18(14(2)24-25)19(15-6-4-3-5-7-15)17(12-22)20(23)26-21/h3-11,19H,23H2,1-2H3/t19-/m1/s1. The molecule has 0 spiro atoms. The second-order valence-electron chi connectivity index (χ2n) is 6.39. The predicted octanol–water partition coefficient (Wildman–Crippen LogP) is 3.71. The van der Waals surface area contributed by atoms with Gasteiger partial charge in [-0.15, -0.1) is 0 Å². The quantitative estimate of drug-likeness (QED) is 0.770. The number of fused-ring (bicyclic) bond motifs is 1. The molecule has 2 aromatic carbocycles. The lowest BCUT2D eigenvalue weighted by molar-refractivity contribution is 0.367. The lowest BCUT2D eigenvalue weighted by Crippen LogP contribution is -2.22. The summed E-state index contributed by atoms with van der Waals surface area (Å²) < 4.78 is 7.61. The minimum Gasteiger partial charge on any atom is -0.422 e. The van der Waals surface area contributed by atoms with Crippen LogP contribution in [0.4, 0.5) is 0 Å². The van der Waals surface area contributed by atoms with E-state index in [2.05, 4.69) is 11.2 Å². The summed E-state index contributed by atoms with van der Waals surface area (Å²) in [5, 5.41) is 14.3. The number of nitrogens with zero attached hydrogens (tertiary/aromatic N) is 3. The van der Waals surface area contributed by atoms with Gasteiger partial charge in [-0.05, 0) is 31.5 Å². The van der Waals surface area contributed by atoms with E-state index in [9.17, 15) is 5.26 Å². The van der Waals surface area contributed by atoms with Crippen LogP contribution in [-0.4, -0.2) is 9.78 Å². The summed E-state index contributed by atoms with van der Waals surface area (Å²) in [7, 11) is 0. The highest BCUT2D eigenvalue weighted by atomic mass is 16.5. The van der Waals surface area contributed by atoms with Crippen LogP contribution in [0.15, 0.2) is 66.1 Å². The zero-order chi connectivity index (χ0) is 18.3. The monoisotopic (exact) mass is 342 g/mol. The summed E-state index contributed by atoms with van der Waals surface area (Å²) >= 11 is 0. The minimum absolute atomic E-state index is 0.127. The average molecular weight is 342 g/mol. The molecule has 26 heavy (non-hydrogen) atoms. The maximum atomic E-state index is 9.67. The molecule has 0 radical (unpaired) electrons. The molecule has 5 nitrogen and oxygen atoms in total. The Hall–Kier alpha value is -3.52. The molecule has 1 aliphatic rings. The minimum atomic E-state index is -0.288. The molecule has 0 aliphatic carbocycles. The van der Waals surface area contributed by atoms with E-state index in [1.54, 1.807) is 4.68 Å². The molecule has 128 valence electrons. The largest absolute Gasteiger partial charge is 0.422 e. The van der Waals surface area contributed by atoms with Crippen LogP contribution in [0.25, 0.3) is 5.69 Å².